The van der Waals surface area contributed by atoms with E-state index in [0.717, 1.165) is 0 Å². The van der Waals surface area contributed by atoms with Crippen molar-refractivity contribution >= 4 is 5.94 Å². The molecule has 0 rings (SSSR count). The molecule has 0 heterocycles. The van der Waals surface area contributed by atoms with E-state index in [1.54, 1.807) is 13.8 Å². The Balaban J connectivity index is -0.0000000575. The van der Waals surface area contributed by atoms with Crippen LogP contribution in [0.15, 0.2) is 6.58 Å². The first-order chi connectivity index (χ1) is 3.15. The molecule has 0 unspecified atom stereocenters. The fourth-order valence-corrected chi connectivity index (χ4v) is 0. The zero-order valence-electron chi connectivity index (χ0n) is 5.14. The Kier molecular flexibility index (Phi) is 30.8. The van der Waals surface area contributed by atoms with E-state index >= 15 is 0 Å². The Hall–Kier alpha value is 0.124. The van der Waals surface area contributed by atoms with Crippen molar-refractivity contribution < 1.29 is 31.6 Å². The molecule has 0 amide bonds. The average molecular weight is 150 g/mol. The Morgan fingerprint density at radius 2 is 1.62 bits per heavy atom. The molecule has 0 atom stereocenters. The van der Waals surface area contributed by atoms with E-state index in [1.807, 2.05) is 0 Å². The van der Waals surface area contributed by atoms with E-state index in [0.29, 0.717) is 0 Å². The van der Waals surface area contributed by atoms with Crippen molar-refractivity contribution in [1.82, 2.24) is 0 Å². The number of aliphatic hydroxyl groups is 1. The van der Waals surface area contributed by atoms with Crippen LogP contribution in [0.5, 0.6) is 0 Å². The van der Waals surface area contributed by atoms with Gasteiger partial charge in [-0.1, -0.05) is 0 Å². The van der Waals surface area contributed by atoms with Crippen LogP contribution in [-0.2, 0) is 26.5 Å². The Labute approximate surface area is 64.5 Å². The Bertz CT molecular complexity index is 52.7. The smallest absolute Gasteiger partial charge is 0.116 e. The third kappa shape index (κ3) is 10400. The van der Waals surface area contributed by atoms with Gasteiger partial charge in [0.15, 0.2) is 0 Å². The second-order valence-corrected chi connectivity index (χ2v) is 1.24. The van der Waals surface area contributed by atoms with E-state index in [4.69, 9.17) is 9.90 Å². The molecule has 0 aliphatic heterocycles. The van der Waals surface area contributed by atoms with Crippen molar-refractivity contribution in [2.45, 2.75) is 20.0 Å². The van der Waals surface area contributed by atoms with E-state index < -0.39 is 0 Å². The zero-order chi connectivity index (χ0) is 6.28. The molecule has 0 fully saturated rings. The van der Waals surface area contributed by atoms with Crippen molar-refractivity contribution in [3.05, 3.63) is 6.58 Å². The summed E-state index contributed by atoms with van der Waals surface area (Å²) < 4.78 is 0. The third-order valence-electron chi connectivity index (χ3n) is 0. The largest absolute Gasteiger partial charge is 0.394 e. The standard InChI is InChI=1S/C3H8O.C2H2O.Ti/c1-3(2)4;1-2-3;/h3-4H,1-2H3;1H2;. The third-order valence-corrected chi connectivity index (χ3v) is 0. The van der Waals surface area contributed by atoms with Crippen LogP contribution < -0.4 is 0 Å². The first-order valence-corrected chi connectivity index (χ1v) is 1.97. The summed E-state index contributed by atoms with van der Waals surface area (Å²) in [5.74, 6) is 1.25. The number of hydrogen-bond donors (Lipinski definition) is 1. The maximum absolute atomic E-state index is 8.57. The summed E-state index contributed by atoms with van der Waals surface area (Å²) in [6.07, 6.45) is -0.167. The SMILES string of the molecule is C=C=O.CC(C)O.[Ti]. The van der Waals surface area contributed by atoms with Gasteiger partial charge in [0, 0.05) is 27.8 Å². The molecule has 0 saturated carbocycles. The molecule has 0 radical (unpaired) electrons. The molecule has 46 valence electrons. The molecule has 1 N–H and O–H groups in total. The molecule has 0 bridgehead atoms. The van der Waals surface area contributed by atoms with Gasteiger partial charge in [-0.25, -0.2) is 4.79 Å². The van der Waals surface area contributed by atoms with Crippen LogP contribution in [0, 0.1) is 0 Å². The molecular weight excluding hydrogens is 140 g/mol. The molecule has 0 saturated heterocycles. The van der Waals surface area contributed by atoms with Crippen molar-refractivity contribution in [2.24, 2.45) is 0 Å². The van der Waals surface area contributed by atoms with E-state index in [1.165, 1.54) is 5.94 Å². The fraction of sp³-hybridized carbons (Fsp3) is 0.600. The zero-order valence-corrected chi connectivity index (χ0v) is 6.70. The predicted molar refractivity (Wildman–Crippen MR) is 28.7 cm³/mol. The van der Waals surface area contributed by atoms with Gasteiger partial charge in [-0.05, 0) is 20.4 Å². The fourth-order valence-electron chi connectivity index (χ4n) is 0. The summed E-state index contributed by atoms with van der Waals surface area (Å²) in [6, 6.07) is 0. The van der Waals surface area contributed by atoms with Crippen LogP contribution in [-0.4, -0.2) is 17.2 Å². The second-order valence-electron chi connectivity index (χ2n) is 1.24. The first-order valence-electron chi connectivity index (χ1n) is 1.97. The normalized spacial score (nSPS) is 5.50. The van der Waals surface area contributed by atoms with Crippen molar-refractivity contribution in [2.75, 3.05) is 0 Å². The summed E-state index contributed by atoms with van der Waals surface area (Å²) in [4.78, 5) is 8.57. The van der Waals surface area contributed by atoms with Gasteiger partial charge < -0.3 is 5.11 Å². The van der Waals surface area contributed by atoms with Crippen molar-refractivity contribution in [1.29, 1.82) is 0 Å². The van der Waals surface area contributed by atoms with Gasteiger partial charge in [-0.3, -0.25) is 0 Å². The molecule has 0 aromatic heterocycles. The Morgan fingerprint density at radius 1 is 1.62 bits per heavy atom. The molecule has 0 aliphatic carbocycles. The van der Waals surface area contributed by atoms with Crippen molar-refractivity contribution in [3.8, 4) is 0 Å². The summed E-state index contributed by atoms with van der Waals surface area (Å²) in [5.41, 5.74) is 0. The molecular formula is C5H10O2Ti. The van der Waals surface area contributed by atoms with Crippen LogP contribution in [0.3, 0.4) is 0 Å². The minimum Gasteiger partial charge on any atom is -0.394 e. The van der Waals surface area contributed by atoms with E-state index in [-0.39, 0.29) is 27.8 Å². The van der Waals surface area contributed by atoms with Gasteiger partial charge in [0.2, 0.25) is 0 Å². The minimum atomic E-state index is -0.167. The maximum Gasteiger partial charge on any atom is 0.116 e. The number of rotatable bonds is 0. The summed E-state index contributed by atoms with van der Waals surface area (Å²) in [7, 11) is 0. The predicted octanol–water partition coefficient (Wildman–Crippen LogP) is 0.389. The summed E-state index contributed by atoms with van der Waals surface area (Å²) in [6.45, 7) is 6.12. The quantitative estimate of drug-likeness (QED) is 0.400. The molecule has 3 heteroatoms. The van der Waals surface area contributed by atoms with E-state index in [9.17, 15) is 0 Å². The van der Waals surface area contributed by atoms with Gasteiger partial charge in [0.05, 0.1) is 0 Å². The van der Waals surface area contributed by atoms with Gasteiger partial charge in [-0.2, -0.15) is 0 Å². The second kappa shape index (κ2) is 15.7. The molecule has 0 spiro atoms. The molecule has 2 nitrogen and oxygen atoms in total. The minimum absolute atomic E-state index is 0. The van der Waals surface area contributed by atoms with Crippen LogP contribution >= 0.6 is 0 Å². The van der Waals surface area contributed by atoms with Crippen LogP contribution in [0.2, 0.25) is 0 Å². The van der Waals surface area contributed by atoms with Gasteiger partial charge in [0.25, 0.3) is 0 Å². The van der Waals surface area contributed by atoms with Gasteiger partial charge >= 0.3 is 0 Å². The molecule has 8 heavy (non-hydrogen) atoms. The van der Waals surface area contributed by atoms with Gasteiger partial charge in [-0.15, -0.1) is 0 Å². The van der Waals surface area contributed by atoms with Crippen molar-refractivity contribution in [3.63, 3.8) is 0 Å². The molecule has 0 aliphatic rings. The first kappa shape index (κ1) is 15.7. The van der Waals surface area contributed by atoms with Crippen LogP contribution in [0.1, 0.15) is 13.8 Å². The van der Waals surface area contributed by atoms with Gasteiger partial charge in [0.1, 0.15) is 5.94 Å². The number of hydrogen-bond acceptors (Lipinski definition) is 2. The maximum atomic E-state index is 8.57. The molecule has 0 aromatic carbocycles. The average Bonchev–Trinajstić information content (AvgIpc) is 1.33. The molecule has 0 aromatic rings. The van der Waals surface area contributed by atoms with E-state index in [2.05, 4.69) is 6.58 Å². The van der Waals surface area contributed by atoms with Crippen LogP contribution in [0.25, 0.3) is 0 Å². The monoisotopic (exact) mass is 150 g/mol. The number of aliphatic hydroxyl groups excluding tert-OH is 1. The number of carbonyl (C=O) groups excluding carboxylic acids is 1. The Morgan fingerprint density at radius 3 is 1.62 bits per heavy atom. The summed E-state index contributed by atoms with van der Waals surface area (Å²) >= 11 is 0. The van der Waals surface area contributed by atoms with Crippen LogP contribution in [0.4, 0.5) is 0 Å². The topological polar surface area (TPSA) is 37.3 Å². The summed E-state index contributed by atoms with van der Waals surface area (Å²) in [5, 5.41) is 8.06.